The molecule has 0 spiro atoms. The maximum absolute atomic E-state index is 12.8. The molecule has 0 amide bonds. The highest BCUT2D eigenvalue weighted by Gasteiger charge is 2.31. The first kappa shape index (κ1) is 19.7. The molecule has 1 unspecified atom stereocenters. The SMILES string of the molecule is CCOC(C)c1nc(CN(C)Cc2cc(O)cc(C(F)(F)F)c2)cs1. The van der Waals surface area contributed by atoms with Crippen LogP contribution in [0.5, 0.6) is 5.75 Å². The number of aromatic nitrogens is 1. The number of hydrogen-bond acceptors (Lipinski definition) is 5. The van der Waals surface area contributed by atoms with Gasteiger partial charge in [-0.3, -0.25) is 4.90 Å². The van der Waals surface area contributed by atoms with Gasteiger partial charge < -0.3 is 9.84 Å². The summed E-state index contributed by atoms with van der Waals surface area (Å²) < 4.78 is 44.0. The van der Waals surface area contributed by atoms with Crippen LogP contribution < -0.4 is 0 Å². The summed E-state index contributed by atoms with van der Waals surface area (Å²) in [5.41, 5.74) is 0.385. The van der Waals surface area contributed by atoms with Gasteiger partial charge in [0.15, 0.2) is 0 Å². The summed E-state index contributed by atoms with van der Waals surface area (Å²) in [5.74, 6) is -0.389. The lowest BCUT2D eigenvalue weighted by atomic mass is 10.1. The van der Waals surface area contributed by atoms with Gasteiger partial charge in [0, 0.05) is 25.1 Å². The second-order valence-electron chi connectivity index (χ2n) is 5.83. The van der Waals surface area contributed by atoms with Gasteiger partial charge in [0.25, 0.3) is 0 Å². The van der Waals surface area contributed by atoms with E-state index in [9.17, 15) is 18.3 Å². The standard InChI is InChI=1S/C17H21F3N2O2S/c1-4-24-11(2)16-21-14(10-25-16)9-22(3)8-12-5-13(17(18,19)20)7-15(23)6-12/h5-7,10-11,23H,4,8-9H2,1-3H3. The molecule has 0 saturated carbocycles. The van der Waals surface area contributed by atoms with Crippen LogP contribution >= 0.6 is 11.3 Å². The molecule has 4 nitrogen and oxygen atoms in total. The van der Waals surface area contributed by atoms with Gasteiger partial charge in [0.05, 0.1) is 11.3 Å². The molecule has 1 atom stereocenters. The van der Waals surface area contributed by atoms with Crippen LogP contribution in [0, 0.1) is 0 Å². The Morgan fingerprint density at radius 2 is 2.00 bits per heavy atom. The highest BCUT2D eigenvalue weighted by atomic mass is 32.1. The van der Waals surface area contributed by atoms with Crippen molar-refractivity contribution in [2.75, 3.05) is 13.7 Å². The normalized spacial score (nSPS) is 13.4. The van der Waals surface area contributed by atoms with Crippen molar-refractivity contribution in [2.45, 2.75) is 39.2 Å². The van der Waals surface area contributed by atoms with E-state index < -0.39 is 11.7 Å². The maximum Gasteiger partial charge on any atom is 0.416 e. The molecule has 25 heavy (non-hydrogen) atoms. The third-order valence-corrected chi connectivity index (χ3v) is 4.58. The van der Waals surface area contributed by atoms with Crippen molar-refractivity contribution in [3.05, 3.63) is 45.4 Å². The summed E-state index contributed by atoms with van der Waals surface area (Å²) in [6.45, 7) is 5.22. The Kier molecular flexibility index (Phi) is 6.42. The Morgan fingerprint density at radius 1 is 1.28 bits per heavy atom. The molecular formula is C17H21F3N2O2S. The molecule has 2 rings (SSSR count). The van der Waals surface area contributed by atoms with Crippen molar-refractivity contribution in [1.29, 1.82) is 0 Å². The first-order valence-electron chi connectivity index (χ1n) is 7.83. The van der Waals surface area contributed by atoms with E-state index in [-0.39, 0.29) is 18.4 Å². The van der Waals surface area contributed by atoms with Crippen LogP contribution in [-0.4, -0.2) is 28.6 Å². The lowest BCUT2D eigenvalue weighted by Crippen LogP contribution is -2.18. The lowest BCUT2D eigenvalue weighted by Gasteiger charge is -2.17. The van der Waals surface area contributed by atoms with Crippen LogP contribution in [0.15, 0.2) is 23.6 Å². The van der Waals surface area contributed by atoms with Gasteiger partial charge in [-0.25, -0.2) is 4.98 Å². The van der Waals surface area contributed by atoms with E-state index in [1.807, 2.05) is 24.1 Å². The molecule has 1 heterocycles. The Morgan fingerprint density at radius 3 is 2.64 bits per heavy atom. The third kappa shape index (κ3) is 5.69. The number of ether oxygens (including phenoxy) is 1. The minimum atomic E-state index is -4.48. The molecule has 1 aromatic heterocycles. The molecule has 138 valence electrons. The van der Waals surface area contributed by atoms with Crippen molar-refractivity contribution in [2.24, 2.45) is 0 Å². The summed E-state index contributed by atoms with van der Waals surface area (Å²) in [5, 5.41) is 12.3. The summed E-state index contributed by atoms with van der Waals surface area (Å²) in [7, 11) is 1.79. The minimum Gasteiger partial charge on any atom is -0.508 e. The number of rotatable bonds is 7. The molecule has 2 aromatic rings. The van der Waals surface area contributed by atoms with Gasteiger partial charge in [0.1, 0.15) is 16.9 Å². The quantitative estimate of drug-likeness (QED) is 0.770. The number of alkyl halides is 3. The maximum atomic E-state index is 12.8. The van der Waals surface area contributed by atoms with Crippen molar-refractivity contribution < 1.29 is 23.0 Å². The molecule has 0 aliphatic carbocycles. The number of nitrogens with zero attached hydrogens (tertiary/aromatic N) is 2. The first-order chi connectivity index (χ1) is 11.7. The molecule has 1 aromatic carbocycles. The molecule has 0 radical (unpaired) electrons. The lowest BCUT2D eigenvalue weighted by molar-refractivity contribution is -0.137. The smallest absolute Gasteiger partial charge is 0.416 e. The number of halogens is 3. The first-order valence-corrected chi connectivity index (χ1v) is 8.71. The number of phenolic OH excluding ortho intramolecular Hbond substituents is 1. The monoisotopic (exact) mass is 374 g/mol. The second kappa shape index (κ2) is 8.16. The molecule has 0 saturated heterocycles. The van der Waals surface area contributed by atoms with Crippen molar-refractivity contribution in [3.8, 4) is 5.75 Å². The molecule has 0 aliphatic heterocycles. The van der Waals surface area contributed by atoms with E-state index in [0.717, 1.165) is 22.8 Å². The average Bonchev–Trinajstić information content (AvgIpc) is 2.94. The average molecular weight is 374 g/mol. The predicted octanol–water partition coefficient (Wildman–Crippen LogP) is 4.60. The second-order valence-corrected chi connectivity index (χ2v) is 6.72. The number of phenols is 1. The Bertz CT molecular complexity index is 703. The van der Waals surface area contributed by atoms with Gasteiger partial charge >= 0.3 is 6.18 Å². The summed E-state index contributed by atoms with van der Waals surface area (Å²) in [4.78, 5) is 6.35. The van der Waals surface area contributed by atoms with E-state index in [2.05, 4.69) is 4.98 Å². The third-order valence-electron chi connectivity index (χ3n) is 3.52. The van der Waals surface area contributed by atoms with E-state index >= 15 is 0 Å². The summed E-state index contributed by atoms with van der Waals surface area (Å²) in [6, 6.07) is 3.13. The number of hydrogen-bond donors (Lipinski definition) is 1. The molecule has 8 heteroatoms. The fourth-order valence-corrected chi connectivity index (χ4v) is 3.29. The fraction of sp³-hybridized carbons (Fsp3) is 0.471. The molecule has 0 aliphatic rings. The number of benzene rings is 1. The van der Waals surface area contributed by atoms with Gasteiger partial charge in [-0.05, 0) is 44.7 Å². The molecular weight excluding hydrogens is 353 g/mol. The number of aromatic hydroxyl groups is 1. The van der Waals surface area contributed by atoms with Crippen molar-refractivity contribution in [3.63, 3.8) is 0 Å². The Labute approximate surface area is 148 Å². The largest absolute Gasteiger partial charge is 0.508 e. The van der Waals surface area contributed by atoms with Crippen LogP contribution in [0.25, 0.3) is 0 Å². The summed E-state index contributed by atoms with van der Waals surface area (Å²) in [6.07, 6.45) is -4.56. The molecule has 0 bridgehead atoms. The summed E-state index contributed by atoms with van der Waals surface area (Å²) >= 11 is 1.50. The van der Waals surface area contributed by atoms with Gasteiger partial charge in [0.2, 0.25) is 0 Å². The van der Waals surface area contributed by atoms with E-state index in [4.69, 9.17) is 4.74 Å². The van der Waals surface area contributed by atoms with Crippen LogP contribution in [-0.2, 0) is 24.0 Å². The van der Waals surface area contributed by atoms with E-state index in [0.29, 0.717) is 18.7 Å². The number of thiazole rings is 1. The van der Waals surface area contributed by atoms with E-state index in [1.54, 1.807) is 7.05 Å². The van der Waals surface area contributed by atoms with Crippen LogP contribution in [0.1, 0.15) is 41.8 Å². The predicted molar refractivity (Wildman–Crippen MR) is 90.4 cm³/mol. The van der Waals surface area contributed by atoms with Gasteiger partial charge in [-0.15, -0.1) is 11.3 Å². The Hall–Kier alpha value is -1.64. The zero-order valence-electron chi connectivity index (χ0n) is 14.3. The minimum absolute atomic E-state index is 0.0746. The molecule has 1 N–H and O–H groups in total. The highest BCUT2D eigenvalue weighted by molar-refractivity contribution is 7.09. The molecule has 0 fully saturated rings. The zero-order valence-corrected chi connectivity index (χ0v) is 15.1. The van der Waals surface area contributed by atoms with E-state index in [1.165, 1.54) is 17.4 Å². The van der Waals surface area contributed by atoms with Crippen molar-refractivity contribution >= 4 is 11.3 Å². The van der Waals surface area contributed by atoms with Gasteiger partial charge in [-0.2, -0.15) is 13.2 Å². The topological polar surface area (TPSA) is 45.6 Å². The van der Waals surface area contributed by atoms with Gasteiger partial charge in [-0.1, -0.05) is 0 Å². The zero-order chi connectivity index (χ0) is 18.6. The van der Waals surface area contributed by atoms with Crippen LogP contribution in [0.2, 0.25) is 0 Å². The highest BCUT2D eigenvalue weighted by Crippen LogP contribution is 2.32. The van der Waals surface area contributed by atoms with Crippen molar-refractivity contribution in [1.82, 2.24) is 9.88 Å². The Balaban J connectivity index is 2.03. The fourth-order valence-electron chi connectivity index (χ4n) is 2.48. The van der Waals surface area contributed by atoms with Crippen LogP contribution in [0.3, 0.4) is 0 Å². The van der Waals surface area contributed by atoms with Crippen LogP contribution in [0.4, 0.5) is 13.2 Å².